The molecule has 3 heteroatoms. The van der Waals surface area contributed by atoms with Gasteiger partial charge in [-0.3, -0.25) is 5.41 Å². The first-order valence-electron chi connectivity index (χ1n) is 4.94. The molecule has 0 aromatic heterocycles. The summed E-state index contributed by atoms with van der Waals surface area (Å²) in [6.07, 6.45) is 5.50. The van der Waals surface area contributed by atoms with Gasteiger partial charge in [-0.25, -0.2) is 0 Å². The van der Waals surface area contributed by atoms with Crippen LogP contribution in [0.4, 0.5) is 0 Å². The number of nitrogens with one attached hydrogen (secondary N) is 1. The number of ether oxygens (including phenoxy) is 1. The number of rotatable bonds is 7. The largest absolute Gasteiger partial charge is 0.440 e. The molecule has 1 unspecified atom stereocenters. The quantitative estimate of drug-likeness (QED) is 0.388. The van der Waals surface area contributed by atoms with Crippen LogP contribution in [0.15, 0.2) is 0 Å². The normalized spacial score (nSPS) is 12.2. The van der Waals surface area contributed by atoms with Gasteiger partial charge in [0.25, 0.3) is 0 Å². The summed E-state index contributed by atoms with van der Waals surface area (Å²) >= 11 is 4.56. The van der Waals surface area contributed by atoms with E-state index >= 15 is 0 Å². The summed E-state index contributed by atoms with van der Waals surface area (Å²) in [5.41, 5.74) is 1.18. The van der Waals surface area contributed by atoms with E-state index in [1.807, 2.05) is 0 Å². The third-order valence-corrected chi connectivity index (χ3v) is 2.19. The molecule has 0 aromatic carbocycles. The average molecular weight is 201 g/mol. The minimum atomic E-state index is 0.268. The molecule has 0 spiro atoms. The molecule has 0 heterocycles. The summed E-state index contributed by atoms with van der Waals surface area (Å²) in [7, 11) is 0. The van der Waals surface area contributed by atoms with Gasteiger partial charge >= 0.3 is 0 Å². The van der Waals surface area contributed by atoms with Crippen LogP contribution < -0.4 is 0 Å². The third kappa shape index (κ3) is 5.75. The molecule has 0 saturated carbocycles. The van der Waals surface area contributed by atoms with E-state index in [4.69, 9.17) is 10.1 Å². The van der Waals surface area contributed by atoms with E-state index in [0.717, 1.165) is 25.7 Å². The van der Waals surface area contributed by atoms with Gasteiger partial charge < -0.3 is 4.74 Å². The van der Waals surface area contributed by atoms with Gasteiger partial charge in [-0.1, -0.05) is 33.1 Å². The standard InChI is InChI=1S/C10H19NOS/c1-3-5-7-9(6-4-2)10(11)12-8-13/h8-9,11H,3-7H2,1-2H3. The van der Waals surface area contributed by atoms with Crippen LogP contribution >= 0.6 is 12.2 Å². The molecule has 0 saturated heterocycles. The highest BCUT2D eigenvalue weighted by Gasteiger charge is 2.13. The van der Waals surface area contributed by atoms with Gasteiger partial charge in [0.2, 0.25) is 0 Å². The Bertz CT molecular complexity index is 159. The number of hydrogen-bond acceptors (Lipinski definition) is 3. The van der Waals surface area contributed by atoms with E-state index in [9.17, 15) is 0 Å². The molecule has 0 rings (SSSR count). The maximum absolute atomic E-state index is 7.61. The maximum Gasteiger partial charge on any atom is 0.190 e. The summed E-state index contributed by atoms with van der Waals surface area (Å²) in [5, 5.41) is 7.61. The molecule has 0 amide bonds. The van der Waals surface area contributed by atoms with Crippen LogP contribution in [-0.2, 0) is 4.74 Å². The molecule has 0 bridgehead atoms. The highest BCUT2D eigenvalue weighted by atomic mass is 32.1. The van der Waals surface area contributed by atoms with Gasteiger partial charge in [0.15, 0.2) is 11.5 Å². The maximum atomic E-state index is 7.61. The van der Waals surface area contributed by atoms with Gasteiger partial charge in [0, 0.05) is 5.92 Å². The smallest absolute Gasteiger partial charge is 0.190 e. The zero-order chi connectivity index (χ0) is 10.1. The van der Waals surface area contributed by atoms with Crippen molar-refractivity contribution >= 4 is 23.7 Å². The molecule has 1 atom stereocenters. The fourth-order valence-corrected chi connectivity index (χ4v) is 1.46. The summed E-state index contributed by atoms with van der Waals surface area (Å²) in [5.74, 6) is 0.606. The molecule has 0 aliphatic rings. The summed E-state index contributed by atoms with van der Waals surface area (Å²) in [4.78, 5) is 0. The van der Waals surface area contributed by atoms with E-state index in [2.05, 4.69) is 26.1 Å². The molecule has 1 N–H and O–H groups in total. The number of thiocarbonyl (C=S) groups is 1. The topological polar surface area (TPSA) is 33.1 Å². The van der Waals surface area contributed by atoms with Crippen molar-refractivity contribution < 1.29 is 4.74 Å². The van der Waals surface area contributed by atoms with Gasteiger partial charge in [-0.15, -0.1) is 0 Å². The SMILES string of the molecule is CCCCC(CCC)C(=N)OC=S. The van der Waals surface area contributed by atoms with Crippen molar-refractivity contribution in [3.8, 4) is 0 Å². The molecular weight excluding hydrogens is 182 g/mol. The summed E-state index contributed by atoms with van der Waals surface area (Å²) < 4.78 is 4.93. The van der Waals surface area contributed by atoms with Crippen LogP contribution in [0.1, 0.15) is 46.0 Å². The molecule has 0 fully saturated rings. The Morgan fingerprint density at radius 3 is 2.54 bits per heavy atom. The summed E-state index contributed by atoms with van der Waals surface area (Å²) in [6.45, 7) is 4.29. The lowest BCUT2D eigenvalue weighted by molar-refractivity contribution is 0.443. The van der Waals surface area contributed by atoms with Crippen molar-refractivity contribution in [2.45, 2.75) is 46.0 Å². The van der Waals surface area contributed by atoms with E-state index in [1.54, 1.807) is 0 Å². The minimum Gasteiger partial charge on any atom is -0.440 e. The molecule has 0 aliphatic carbocycles. The first kappa shape index (κ1) is 12.6. The van der Waals surface area contributed by atoms with E-state index in [-0.39, 0.29) is 5.92 Å². The molecule has 0 aromatic rings. The van der Waals surface area contributed by atoms with Crippen LogP contribution in [0.25, 0.3) is 0 Å². The van der Waals surface area contributed by atoms with Crippen molar-refractivity contribution in [2.75, 3.05) is 0 Å². The average Bonchev–Trinajstić information content (AvgIpc) is 2.12. The lowest BCUT2D eigenvalue weighted by Gasteiger charge is -2.14. The second-order valence-corrected chi connectivity index (χ2v) is 3.40. The Morgan fingerprint density at radius 1 is 1.38 bits per heavy atom. The lowest BCUT2D eigenvalue weighted by Crippen LogP contribution is -2.16. The molecule has 13 heavy (non-hydrogen) atoms. The highest BCUT2D eigenvalue weighted by Crippen LogP contribution is 2.16. The molecule has 2 nitrogen and oxygen atoms in total. The molecule has 76 valence electrons. The van der Waals surface area contributed by atoms with E-state index in [0.29, 0.717) is 5.90 Å². The van der Waals surface area contributed by atoms with Crippen molar-refractivity contribution in [1.82, 2.24) is 0 Å². The van der Waals surface area contributed by atoms with Crippen molar-refractivity contribution in [3.05, 3.63) is 0 Å². The Morgan fingerprint density at radius 2 is 2.08 bits per heavy atom. The molecule has 0 radical (unpaired) electrons. The highest BCUT2D eigenvalue weighted by molar-refractivity contribution is 7.78. The minimum absolute atomic E-state index is 0.268. The van der Waals surface area contributed by atoms with Crippen molar-refractivity contribution in [2.24, 2.45) is 5.92 Å². The van der Waals surface area contributed by atoms with Crippen molar-refractivity contribution in [1.29, 1.82) is 5.41 Å². The zero-order valence-corrected chi connectivity index (χ0v) is 9.32. The second-order valence-electron chi connectivity index (χ2n) is 3.21. The van der Waals surface area contributed by atoms with Gasteiger partial charge in [-0.05, 0) is 25.1 Å². The second kappa shape index (κ2) is 8.17. The van der Waals surface area contributed by atoms with Gasteiger partial charge in [0.05, 0.1) is 0 Å². The van der Waals surface area contributed by atoms with E-state index in [1.165, 1.54) is 12.0 Å². The van der Waals surface area contributed by atoms with Crippen LogP contribution in [0.5, 0.6) is 0 Å². The van der Waals surface area contributed by atoms with E-state index < -0.39 is 0 Å². The van der Waals surface area contributed by atoms with Crippen LogP contribution in [0, 0.1) is 11.3 Å². The summed E-state index contributed by atoms with van der Waals surface area (Å²) in [6, 6.07) is 0. The monoisotopic (exact) mass is 201 g/mol. The van der Waals surface area contributed by atoms with Crippen LogP contribution in [-0.4, -0.2) is 11.5 Å². The van der Waals surface area contributed by atoms with Gasteiger partial charge in [0.1, 0.15) is 0 Å². The fraction of sp³-hybridized carbons (Fsp3) is 0.800. The Kier molecular flexibility index (Phi) is 7.90. The Balaban J connectivity index is 3.90. The predicted octanol–water partition coefficient (Wildman–Crippen LogP) is 3.54. The molecular formula is C10H19NOS. The van der Waals surface area contributed by atoms with Crippen LogP contribution in [0.2, 0.25) is 0 Å². The molecule has 0 aliphatic heterocycles. The Hall–Kier alpha value is -0.440. The first-order valence-corrected chi connectivity index (χ1v) is 5.42. The zero-order valence-electron chi connectivity index (χ0n) is 8.51. The van der Waals surface area contributed by atoms with Crippen LogP contribution in [0.3, 0.4) is 0 Å². The Labute approximate surface area is 86.2 Å². The third-order valence-electron chi connectivity index (χ3n) is 2.09. The number of hydrogen-bond donors (Lipinski definition) is 1. The number of unbranched alkanes of at least 4 members (excludes halogenated alkanes) is 1. The first-order chi connectivity index (χ1) is 6.26. The lowest BCUT2D eigenvalue weighted by atomic mass is 9.97. The van der Waals surface area contributed by atoms with Crippen molar-refractivity contribution in [3.63, 3.8) is 0 Å². The fourth-order valence-electron chi connectivity index (χ4n) is 1.35. The predicted molar refractivity (Wildman–Crippen MR) is 60.4 cm³/mol. The van der Waals surface area contributed by atoms with Gasteiger partial charge in [-0.2, -0.15) is 0 Å².